The minimum Gasteiger partial charge on any atom is -0.352 e. The Bertz CT molecular complexity index is 1530. The first-order valence-corrected chi connectivity index (χ1v) is 13.8. The van der Waals surface area contributed by atoms with Crippen LogP contribution in [-0.2, 0) is 13.0 Å². The van der Waals surface area contributed by atoms with Gasteiger partial charge in [-0.15, -0.1) is 0 Å². The van der Waals surface area contributed by atoms with Gasteiger partial charge in [-0.1, -0.05) is 6.92 Å². The van der Waals surface area contributed by atoms with Gasteiger partial charge in [0, 0.05) is 60.4 Å². The lowest BCUT2D eigenvalue weighted by atomic mass is 9.93. The van der Waals surface area contributed by atoms with Crippen molar-refractivity contribution < 1.29 is 4.79 Å². The third-order valence-corrected chi connectivity index (χ3v) is 7.53. The van der Waals surface area contributed by atoms with Crippen LogP contribution in [0.1, 0.15) is 72.3 Å². The number of carbonyl (C=O) groups is 1. The van der Waals surface area contributed by atoms with Crippen LogP contribution in [0.25, 0.3) is 10.9 Å². The second kappa shape index (κ2) is 11.7. The molecule has 1 aliphatic rings. The molecule has 0 spiro atoms. The molecule has 3 aromatic heterocycles. The van der Waals surface area contributed by atoms with Crippen LogP contribution in [0.3, 0.4) is 0 Å². The standard InChI is InChI=1S/C30H36N8O/c1-4-11-32-27(17-31)25-9-12-33-30(37-25)35-23-14-19(2)29-22(15-23)16-26(36-29)28(39)8-6-21-5-7-24-18-34-20(3)38(24)13-10-21/h9,12,14-18,21,31,36H,4-8,10-11,13H2,1-3H3,(H,33,35,37). The molecule has 3 N–H and O–H groups in total. The predicted molar refractivity (Wildman–Crippen MR) is 156 cm³/mol. The first-order chi connectivity index (χ1) is 18.9. The van der Waals surface area contributed by atoms with E-state index in [1.807, 2.05) is 38.2 Å². The summed E-state index contributed by atoms with van der Waals surface area (Å²) in [5.41, 5.74) is 5.95. The Kier molecular flexibility index (Phi) is 7.95. The Morgan fingerprint density at radius 1 is 1.26 bits per heavy atom. The number of nitrogens with zero attached hydrogens (tertiary/aromatic N) is 5. The topological polar surface area (TPSA) is 125 Å². The number of aliphatic imine (C=N–C) groups is 1. The third-order valence-electron chi connectivity index (χ3n) is 7.53. The number of rotatable bonds is 10. The first-order valence-electron chi connectivity index (χ1n) is 13.8. The van der Waals surface area contributed by atoms with Gasteiger partial charge in [0.1, 0.15) is 11.5 Å². The highest BCUT2D eigenvalue weighted by Crippen LogP contribution is 2.28. The van der Waals surface area contributed by atoms with Crippen molar-refractivity contribution in [3.63, 3.8) is 0 Å². The Morgan fingerprint density at radius 2 is 2.13 bits per heavy atom. The number of fused-ring (bicyclic) bond motifs is 2. The number of carbonyl (C=O) groups excluding carboxylic acids is 1. The van der Waals surface area contributed by atoms with E-state index >= 15 is 0 Å². The van der Waals surface area contributed by atoms with Gasteiger partial charge in [0.2, 0.25) is 5.95 Å². The molecule has 5 rings (SSSR count). The van der Waals surface area contributed by atoms with Crippen molar-refractivity contribution in [2.45, 2.75) is 65.8 Å². The molecule has 0 bridgehead atoms. The molecule has 0 saturated carbocycles. The number of aromatic nitrogens is 5. The van der Waals surface area contributed by atoms with Crippen molar-refractivity contribution in [3.8, 4) is 0 Å². The zero-order valence-electron chi connectivity index (χ0n) is 22.9. The van der Waals surface area contributed by atoms with Crippen LogP contribution in [0.15, 0.2) is 41.7 Å². The first kappa shape index (κ1) is 26.5. The summed E-state index contributed by atoms with van der Waals surface area (Å²) < 4.78 is 2.32. The lowest BCUT2D eigenvalue weighted by molar-refractivity contribution is 0.0968. The molecular weight excluding hydrogens is 488 g/mol. The van der Waals surface area contributed by atoms with Gasteiger partial charge in [0.15, 0.2) is 5.78 Å². The molecule has 1 aromatic carbocycles. The maximum atomic E-state index is 13.1. The zero-order chi connectivity index (χ0) is 27.4. The fourth-order valence-electron chi connectivity index (χ4n) is 5.36. The van der Waals surface area contributed by atoms with E-state index in [-0.39, 0.29) is 5.78 Å². The van der Waals surface area contributed by atoms with E-state index in [9.17, 15) is 4.79 Å². The molecule has 1 atom stereocenters. The van der Waals surface area contributed by atoms with Gasteiger partial charge in [-0.05, 0) is 81.7 Å². The highest BCUT2D eigenvalue weighted by Gasteiger charge is 2.20. The highest BCUT2D eigenvalue weighted by molar-refractivity contribution is 6.36. The molecule has 39 heavy (non-hydrogen) atoms. The number of ketones is 1. The maximum absolute atomic E-state index is 13.1. The molecule has 0 aliphatic carbocycles. The molecule has 0 saturated heterocycles. The summed E-state index contributed by atoms with van der Waals surface area (Å²) in [6.45, 7) is 7.77. The minimum atomic E-state index is 0.156. The number of Topliss-reactive ketones (excluding diaryl/α,β-unsaturated/α-hetero) is 1. The summed E-state index contributed by atoms with van der Waals surface area (Å²) in [5.74, 6) is 2.22. The van der Waals surface area contributed by atoms with Crippen molar-refractivity contribution >= 4 is 40.2 Å². The summed E-state index contributed by atoms with van der Waals surface area (Å²) in [6.07, 6.45) is 10.5. The van der Waals surface area contributed by atoms with Gasteiger partial charge in [-0.3, -0.25) is 9.79 Å². The molecule has 4 aromatic rings. The van der Waals surface area contributed by atoms with Crippen LogP contribution in [-0.4, -0.2) is 48.8 Å². The van der Waals surface area contributed by atoms with Crippen molar-refractivity contribution in [2.24, 2.45) is 10.9 Å². The number of hydrogen-bond acceptors (Lipinski definition) is 7. The van der Waals surface area contributed by atoms with E-state index in [2.05, 4.69) is 41.7 Å². The smallest absolute Gasteiger partial charge is 0.227 e. The number of imidazole rings is 1. The van der Waals surface area contributed by atoms with Crippen LogP contribution < -0.4 is 5.32 Å². The van der Waals surface area contributed by atoms with Gasteiger partial charge in [0.05, 0.1) is 11.4 Å². The monoisotopic (exact) mass is 524 g/mol. The fraction of sp³-hybridized carbons (Fsp3) is 0.400. The van der Waals surface area contributed by atoms with Crippen molar-refractivity contribution in [3.05, 3.63) is 65.1 Å². The highest BCUT2D eigenvalue weighted by atomic mass is 16.1. The summed E-state index contributed by atoms with van der Waals surface area (Å²) in [7, 11) is 0. The van der Waals surface area contributed by atoms with Gasteiger partial charge in [-0.2, -0.15) is 0 Å². The molecular formula is C30H36N8O. The van der Waals surface area contributed by atoms with Gasteiger partial charge in [0.25, 0.3) is 0 Å². The lowest BCUT2D eigenvalue weighted by Gasteiger charge is -2.13. The molecule has 0 radical (unpaired) electrons. The SMILES string of the molecule is CCCN=C(C=N)c1ccnc(Nc2cc(C)c3[nH]c(C(=O)CCC4CCc5cnc(C)n5CC4)cc3c2)n1. The Balaban J connectivity index is 1.26. The van der Waals surface area contributed by atoms with E-state index in [0.29, 0.717) is 41.9 Å². The lowest BCUT2D eigenvalue weighted by Crippen LogP contribution is -2.08. The Morgan fingerprint density at radius 3 is 2.95 bits per heavy atom. The maximum Gasteiger partial charge on any atom is 0.227 e. The van der Waals surface area contributed by atoms with Gasteiger partial charge >= 0.3 is 0 Å². The molecule has 1 aliphatic heterocycles. The summed E-state index contributed by atoms with van der Waals surface area (Å²) in [4.78, 5) is 34.3. The van der Waals surface area contributed by atoms with Crippen LogP contribution in [0.4, 0.5) is 11.6 Å². The van der Waals surface area contributed by atoms with Gasteiger partial charge < -0.3 is 20.3 Å². The van der Waals surface area contributed by atoms with Crippen LogP contribution in [0.2, 0.25) is 0 Å². The zero-order valence-corrected chi connectivity index (χ0v) is 22.9. The normalized spacial score (nSPS) is 15.7. The van der Waals surface area contributed by atoms with E-state index in [1.165, 1.54) is 11.9 Å². The number of aryl methyl sites for hydroxylation is 3. The molecule has 4 heterocycles. The molecule has 9 nitrogen and oxygen atoms in total. The average molecular weight is 525 g/mol. The second-order valence-corrected chi connectivity index (χ2v) is 10.3. The molecule has 0 fully saturated rings. The predicted octanol–water partition coefficient (Wildman–Crippen LogP) is 5.98. The second-order valence-electron chi connectivity index (χ2n) is 10.3. The number of hydrogen-bond donors (Lipinski definition) is 3. The molecule has 9 heteroatoms. The molecule has 202 valence electrons. The quantitative estimate of drug-likeness (QED) is 0.174. The number of aromatic amines is 1. The third kappa shape index (κ3) is 5.97. The Hall–Kier alpha value is -4.14. The number of anilines is 2. The van der Waals surface area contributed by atoms with E-state index < -0.39 is 0 Å². The van der Waals surface area contributed by atoms with E-state index in [4.69, 9.17) is 5.41 Å². The molecule has 0 amide bonds. The van der Waals surface area contributed by atoms with E-state index in [0.717, 1.165) is 66.6 Å². The van der Waals surface area contributed by atoms with Crippen LogP contribution in [0, 0.1) is 25.2 Å². The van der Waals surface area contributed by atoms with Crippen molar-refractivity contribution in [1.29, 1.82) is 5.41 Å². The number of H-pyrrole nitrogens is 1. The van der Waals surface area contributed by atoms with E-state index in [1.54, 1.807) is 12.3 Å². The summed E-state index contributed by atoms with van der Waals surface area (Å²) in [6, 6.07) is 7.73. The fourth-order valence-corrected chi connectivity index (χ4v) is 5.36. The summed E-state index contributed by atoms with van der Waals surface area (Å²) >= 11 is 0. The minimum absolute atomic E-state index is 0.156. The van der Waals surface area contributed by atoms with Crippen molar-refractivity contribution in [2.75, 3.05) is 11.9 Å². The average Bonchev–Trinajstić information content (AvgIpc) is 3.45. The van der Waals surface area contributed by atoms with Crippen LogP contribution in [0.5, 0.6) is 0 Å². The molecule has 1 unspecified atom stereocenters. The summed E-state index contributed by atoms with van der Waals surface area (Å²) in [5, 5.41) is 11.9. The van der Waals surface area contributed by atoms with Crippen molar-refractivity contribution in [1.82, 2.24) is 24.5 Å². The Labute approximate surface area is 228 Å². The largest absolute Gasteiger partial charge is 0.352 e. The van der Waals surface area contributed by atoms with Crippen LogP contribution >= 0.6 is 0 Å². The number of benzene rings is 1. The number of nitrogens with one attached hydrogen (secondary N) is 3. The van der Waals surface area contributed by atoms with Gasteiger partial charge in [-0.25, -0.2) is 15.0 Å².